The van der Waals surface area contributed by atoms with Crippen LogP contribution in [0.1, 0.15) is 18.6 Å². The summed E-state index contributed by atoms with van der Waals surface area (Å²) in [4.78, 5) is 20.6. The minimum Gasteiger partial charge on any atom is -0.504 e. The van der Waals surface area contributed by atoms with Gasteiger partial charge in [0.2, 0.25) is 0 Å². The van der Waals surface area contributed by atoms with Crippen molar-refractivity contribution in [3.05, 3.63) is 52.1 Å². The zero-order valence-electron chi connectivity index (χ0n) is 14.7. The third kappa shape index (κ3) is 4.88. The molecule has 0 aliphatic heterocycles. The van der Waals surface area contributed by atoms with E-state index in [2.05, 4.69) is 0 Å². The molecule has 0 heterocycles. The molecule has 0 saturated heterocycles. The molecule has 0 bridgehead atoms. The zero-order valence-corrected chi connectivity index (χ0v) is 15.6. The SMILES string of the molecule is COc1cc(C(C)OP(=O)(O)Oc2ccccc2O)c([N+](=O)[O-])cc1OC. The van der Waals surface area contributed by atoms with Crippen LogP contribution in [0.5, 0.6) is 23.0 Å². The maximum absolute atomic E-state index is 12.3. The lowest BCUT2D eigenvalue weighted by atomic mass is 10.1. The number of ether oxygens (including phenoxy) is 2. The molecule has 0 aliphatic rings. The molecule has 27 heavy (non-hydrogen) atoms. The van der Waals surface area contributed by atoms with Gasteiger partial charge >= 0.3 is 7.82 Å². The van der Waals surface area contributed by atoms with E-state index in [9.17, 15) is 24.7 Å². The van der Waals surface area contributed by atoms with E-state index in [0.29, 0.717) is 0 Å². The van der Waals surface area contributed by atoms with Crippen molar-refractivity contribution >= 4 is 13.5 Å². The van der Waals surface area contributed by atoms with E-state index >= 15 is 0 Å². The molecule has 2 rings (SSSR count). The quantitative estimate of drug-likeness (QED) is 0.387. The summed E-state index contributed by atoms with van der Waals surface area (Å²) >= 11 is 0. The van der Waals surface area contributed by atoms with E-state index in [0.717, 1.165) is 6.07 Å². The number of benzene rings is 2. The summed E-state index contributed by atoms with van der Waals surface area (Å²) < 4.78 is 32.2. The Bertz CT molecular complexity index is 886. The minimum atomic E-state index is -4.71. The summed E-state index contributed by atoms with van der Waals surface area (Å²) in [5.74, 6) is -0.321. The molecular formula is C16H18NO9P. The number of aromatic hydroxyl groups is 1. The number of nitro benzene ring substituents is 1. The molecule has 0 spiro atoms. The molecule has 10 nitrogen and oxygen atoms in total. The molecule has 2 N–H and O–H groups in total. The maximum atomic E-state index is 12.3. The summed E-state index contributed by atoms with van der Waals surface area (Å²) in [6.07, 6.45) is -1.22. The molecule has 0 aliphatic carbocycles. The Hall–Kier alpha value is -2.81. The number of phenols is 1. The lowest BCUT2D eigenvalue weighted by Gasteiger charge is -2.19. The molecule has 11 heteroatoms. The van der Waals surface area contributed by atoms with Crippen molar-refractivity contribution in [2.45, 2.75) is 13.0 Å². The Morgan fingerprint density at radius 2 is 1.70 bits per heavy atom. The maximum Gasteiger partial charge on any atom is 0.528 e. The van der Waals surface area contributed by atoms with Crippen LogP contribution in [0.15, 0.2) is 36.4 Å². The molecule has 0 saturated carbocycles. The smallest absolute Gasteiger partial charge is 0.504 e. The summed E-state index contributed by atoms with van der Waals surface area (Å²) in [6.45, 7) is 1.34. The summed E-state index contributed by atoms with van der Waals surface area (Å²) in [5.41, 5.74) is -0.407. The van der Waals surface area contributed by atoms with Gasteiger partial charge in [0.15, 0.2) is 23.0 Å². The summed E-state index contributed by atoms with van der Waals surface area (Å²) in [5, 5.41) is 21.0. The Balaban J connectivity index is 2.33. The zero-order chi connectivity index (χ0) is 20.2. The second-order valence-corrected chi connectivity index (χ2v) is 6.63. The van der Waals surface area contributed by atoms with E-state index < -0.39 is 18.8 Å². The number of nitro groups is 1. The first-order valence-corrected chi connectivity index (χ1v) is 9.07. The molecule has 146 valence electrons. The van der Waals surface area contributed by atoms with Crippen LogP contribution in [0, 0.1) is 10.1 Å². The van der Waals surface area contributed by atoms with Gasteiger partial charge in [0, 0.05) is 0 Å². The van der Waals surface area contributed by atoms with Crippen LogP contribution in [-0.2, 0) is 9.09 Å². The van der Waals surface area contributed by atoms with Gasteiger partial charge in [-0.2, -0.15) is 0 Å². The van der Waals surface area contributed by atoms with Crippen molar-refractivity contribution in [3.63, 3.8) is 0 Å². The second-order valence-electron chi connectivity index (χ2n) is 5.30. The molecule has 2 aromatic carbocycles. The van der Waals surface area contributed by atoms with Crippen LogP contribution in [0.3, 0.4) is 0 Å². The molecule has 0 radical (unpaired) electrons. The summed E-state index contributed by atoms with van der Waals surface area (Å²) in [7, 11) is -2.04. The van der Waals surface area contributed by atoms with Gasteiger partial charge in [-0.3, -0.25) is 19.5 Å². The summed E-state index contributed by atoms with van der Waals surface area (Å²) in [6, 6.07) is 7.92. The first-order chi connectivity index (χ1) is 12.7. The standard InChI is InChI=1S/C16H18NO9P/c1-10(25-27(21,22)26-14-7-5-4-6-13(14)18)11-8-15(23-2)16(24-3)9-12(11)17(19)20/h4-10,18H,1-3H3,(H,21,22). The van der Waals surface area contributed by atoms with Crippen molar-refractivity contribution in [1.29, 1.82) is 0 Å². The van der Waals surface area contributed by atoms with E-state index in [-0.39, 0.29) is 34.2 Å². The third-order valence-corrected chi connectivity index (χ3v) is 4.55. The van der Waals surface area contributed by atoms with E-state index in [1.807, 2.05) is 0 Å². The molecule has 2 aromatic rings. The Morgan fingerprint density at radius 3 is 2.26 bits per heavy atom. The first kappa shape index (κ1) is 20.5. The first-order valence-electron chi connectivity index (χ1n) is 7.57. The van der Waals surface area contributed by atoms with Crippen LogP contribution in [0.25, 0.3) is 0 Å². The monoisotopic (exact) mass is 399 g/mol. The second kappa shape index (κ2) is 8.26. The highest BCUT2D eigenvalue weighted by atomic mass is 31.2. The van der Waals surface area contributed by atoms with Crippen LogP contribution >= 0.6 is 7.82 Å². The normalized spacial score (nSPS) is 14.1. The van der Waals surface area contributed by atoms with Gasteiger partial charge < -0.3 is 19.1 Å². The predicted molar refractivity (Wildman–Crippen MR) is 94.3 cm³/mol. The number of phenolic OH excluding ortho intramolecular Hbond substituents is 1. The highest BCUT2D eigenvalue weighted by molar-refractivity contribution is 7.47. The number of methoxy groups -OCH3 is 2. The molecule has 2 atom stereocenters. The lowest BCUT2D eigenvalue weighted by molar-refractivity contribution is -0.386. The van der Waals surface area contributed by atoms with Gasteiger partial charge in [0.25, 0.3) is 5.69 Å². The number of phosphoric acid groups is 1. The van der Waals surface area contributed by atoms with Gasteiger partial charge in [-0.15, -0.1) is 0 Å². The van der Waals surface area contributed by atoms with Crippen LogP contribution < -0.4 is 14.0 Å². The average Bonchev–Trinajstić information content (AvgIpc) is 2.61. The topological polar surface area (TPSA) is 138 Å². The average molecular weight is 399 g/mol. The number of hydrogen-bond donors (Lipinski definition) is 2. The number of nitrogens with zero attached hydrogens (tertiary/aromatic N) is 1. The van der Waals surface area contributed by atoms with E-state index in [4.69, 9.17) is 18.5 Å². The molecular weight excluding hydrogens is 381 g/mol. The lowest BCUT2D eigenvalue weighted by Crippen LogP contribution is -2.06. The highest BCUT2D eigenvalue weighted by Gasteiger charge is 2.32. The van der Waals surface area contributed by atoms with Crippen molar-refractivity contribution in [3.8, 4) is 23.0 Å². The van der Waals surface area contributed by atoms with E-state index in [1.165, 1.54) is 51.5 Å². The molecule has 2 unspecified atom stereocenters. The highest BCUT2D eigenvalue weighted by Crippen LogP contribution is 2.51. The van der Waals surface area contributed by atoms with Crippen molar-refractivity contribution < 1.29 is 38.0 Å². The molecule has 0 aromatic heterocycles. The van der Waals surface area contributed by atoms with Crippen LogP contribution in [0.2, 0.25) is 0 Å². The number of phosphoric ester groups is 1. The fourth-order valence-corrected chi connectivity index (χ4v) is 3.26. The van der Waals surface area contributed by atoms with Crippen molar-refractivity contribution in [2.24, 2.45) is 0 Å². The third-order valence-electron chi connectivity index (χ3n) is 3.54. The predicted octanol–water partition coefficient (Wildman–Crippen LogP) is 3.57. The van der Waals surface area contributed by atoms with Gasteiger partial charge in [-0.1, -0.05) is 12.1 Å². The van der Waals surface area contributed by atoms with Crippen LogP contribution in [-0.4, -0.2) is 29.1 Å². The van der Waals surface area contributed by atoms with Crippen LogP contribution in [0.4, 0.5) is 5.69 Å². The van der Waals surface area contributed by atoms with Gasteiger partial charge in [0.1, 0.15) is 0 Å². The fourth-order valence-electron chi connectivity index (χ4n) is 2.30. The van der Waals surface area contributed by atoms with Gasteiger partial charge in [0.05, 0.1) is 36.9 Å². The molecule has 0 amide bonds. The molecule has 0 fully saturated rings. The van der Waals surface area contributed by atoms with Gasteiger partial charge in [-0.25, -0.2) is 4.57 Å². The van der Waals surface area contributed by atoms with Gasteiger partial charge in [-0.05, 0) is 25.1 Å². The number of hydrogen-bond acceptors (Lipinski definition) is 8. The Kier molecular flexibility index (Phi) is 6.27. The largest absolute Gasteiger partial charge is 0.528 e. The van der Waals surface area contributed by atoms with Crippen molar-refractivity contribution in [1.82, 2.24) is 0 Å². The number of rotatable bonds is 8. The Morgan fingerprint density at radius 1 is 1.11 bits per heavy atom. The van der Waals surface area contributed by atoms with E-state index in [1.54, 1.807) is 0 Å². The number of para-hydroxylation sites is 2. The van der Waals surface area contributed by atoms with Crippen molar-refractivity contribution in [2.75, 3.05) is 14.2 Å². The Labute approximate surface area is 154 Å². The minimum absolute atomic E-state index is 0.0205. The fraction of sp³-hybridized carbons (Fsp3) is 0.250.